The second-order valence-electron chi connectivity index (χ2n) is 12.6. The van der Waals surface area contributed by atoms with Crippen molar-refractivity contribution in [1.82, 2.24) is 9.34 Å². The van der Waals surface area contributed by atoms with Crippen LogP contribution in [0.2, 0.25) is 0 Å². The molecule has 6 heteroatoms. The molecule has 0 aromatic heterocycles. The molecule has 0 amide bonds. The normalized spacial score (nSPS) is 24.9. The molecule has 6 aromatic carbocycles. The van der Waals surface area contributed by atoms with Gasteiger partial charge in [0.1, 0.15) is 6.10 Å². The molecule has 2 aliphatic rings. The minimum absolute atomic E-state index is 0.269. The predicted molar refractivity (Wildman–Crippen MR) is 185 cm³/mol. The monoisotopic (exact) mass is 624 g/mol. The molecule has 1 unspecified atom stereocenters. The molecule has 5 nitrogen and oxygen atoms in total. The third-order valence-corrected chi connectivity index (χ3v) is 12.4. The van der Waals surface area contributed by atoms with Crippen molar-refractivity contribution in [1.29, 1.82) is 0 Å². The molecule has 2 saturated heterocycles. The fourth-order valence-electron chi connectivity index (χ4n) is 7.35. The summed E-state index contributed by atoms with van der Waals surface area (Å²) in [4.78, 5) is 0. The molecule has 6 aromatic rings. The van der Waals surface area contributed by atoms with Crippen LogP contribution in [-0.4, -0.2) is 38.7 Å². The molecule has 0 radical (unpaired) electrons. The van der Waals surface area contributed by atoms with Crippen molar-refractivity contribution in [2.24, 2.45) is 0 Å². The van der Waals surface area contributed by atoms with Crippen molar-refractivity contribution in [3.05, 3.63) is 168 Å². The van der Waals surface area contributed by atoms with Gasteiger partial charge < -0.3 is 5.11 Å². The summed E-state index contributed by atoms with van der Waals surface area (Å²) in [5.74, 6) is 0. The first-order valence-corrected chi connectivity index (χ1v) is 17.6. The fourth-order valence-corrected chi connectivity index (χ4v) is 10.3. The van der Waals surface area contributed by atoms with Crippen molar-refractivity contribution in [3.8, 4) is 0 Å². The third kappa shape index (κ3) is 5.49. The van der Waals surface area contributed by atoms with Gasteiger partial charge in [0, 0.05) is 13.1 Å². The Morgan fingerprint density at radius 1 is 0.522 bits per heavy atom. The van der Waals surface area contributed by atoms with Crippen LogP contribution in [0.25, 0.3) is 21.5 Å². The zero-order valence-electron chi connectivity index (χ0n) is 25.6. The van der Waals surface area contributed by atoms with Gasteiger partial charge in [0.25, 0.3) is 0 Å². The molecule has 46 heavy (non-hydrogen) atoms. The molecule has 8 rings (SSSR count). The molecule has 2 aliphatic heterocycles. The molecular weight excluding hydrogens is 587 g/mol. The highest BCUT2D eigenvalue weighted by Crippen LogP contribution is 2.67. The summed E-state index contributed by atoms with van der Waals surface area (Å²) >= 11 is 0. The van der Waals surface area contributed by atoms with Gasteiger partial charge in [0.05, 0.1) is 18.2 Å². The Labute approximate surface area is 270 Å². The van der Waals surface area contributed by atoms with E-state index in [0.29, 0.717) is 25.9 Å². The zero-order chi connectivity index (χ0) is 31.1. The third-order valence-electron chi connectivity index (χ3n) is 9.68. The first-order valence-electron chi connectivity index (χ1n) is 16.1. The second kappa shape index (κ2) is 12.3. The Balaban J connectivity index is 1.23. The fraction of sp³-hybridized carbons (Fsp3) is 0.200. The van der Waals surface area contributed by atoms with Crippen LogP contribution in [0.15, 0.2) is 146 Å². The van der Waals surface area contributed by atoms with Crippen LogP contribution in [0.4, 0.5) is 0 Å². The Kier molecular flexibility index (Phi) is 7.81. The predicted octanol–water partition coefficient (Wildman–Crippen LogP) is 8.40. The average Bonchev–Trinajstić information content (AvgIpc) is 3.34. The molecule has 2 fully saturated rings. The van der Waals surface area contributed by atoms with E-state index in [1.165, 1.54) is 5.39 Å². The Morgan fingerprint density at radius 3 is 1.48 bits per heavy atom. The maximum atomic E-state index is 15.7. The zero-order valence-corrected chi connectivity index (χ0v) is 26.5. The van der Waals surface area contributed by atoms with Crippen molar-refractivity contribution in [2.75, 3.05) is 0 Å². The summed E-state index contributed by atoms with van der Waals surface area (Å²) in [6.45, 7) is 0.852. The van der Waals surface area contributed by atoms with Gasteiger partial charge in [0.2, 0.25) is 0 Å². The maximum Gasteiger partial charge on any atom is 0.347 e. The van der Waals surface area contributed by atoms with Gasteiger partial charge in [-0.05, 0) is 68.8 Å². The highest BCUT2D eigenvalue weighted by molar-refractivity contribution is 7.54. The van der Waals surface area contributed by atoms with Crippen LogP contribution < -0.4 is 0 Å². The molecule has 0 aliphatic carbocycles. The van der Waals surface area contributed by atoms with Crippen LogP contribution in [-0.2, 0) is 35.0 Å². The number of nitrogens with zero attached hydrogens (tertiary/aromatic N) is 2. The van der Waals surface area contributed by atoms with Gasteiger partial charge in [-0.3, -0.25) is 9.09 Å². The number of fused-ring (bicyclic) bond motifs is 4. The van der Waals surface area contributed by atoms with Gasteiger partial charge in [-0.15, -0.1) is 0 Å². The molecule has 0 saturated carbocycles. The summed E-state index contributed by atoms with van der Waals surface area (Å²) in [5.41, 5.74) is 4.35. The second-order valence-corrected chi connectivity index (χ2v) is 14.8. The first kappa shape index (κ1) is 29.3. The lowest BCUT2D eigenvalue weighted by molar-refractivity contribution is -0.0378. The quantitative estimate of drug-likeness (QED) is 0.172. The van der Waals surface area contributed by atoms with Crippen molar-refractivity contribution in [2.45, 2.75) is 50.2 Å². The van der Waals surface area contributed by atoms with E-state index in [-0.39, 0.29) is 6.04 Å². The summed E-state index contributed by atoms with van der Waals surface area (Å²) in [5, 5.41) is 16.8. The number of aliphatic hydroxyl groups is 1. The lowest BCUT2D eigenvalue weighted by atomic mass is 9.90. The molecule has 2 bridgehead atoms. The lowest BCUT2D eigenvalue weighted by Gasteiger charge is -2.43. The minimum Gasteiger partial charge on any atom is -0.389 e. The van der Waals surface area contributed by atoms with E-state index in [9.17, 15) is 5.11 Å². The van der Waals surface area contributed by atoms with E-state index < -0.39 is 25.9 Å². The highest BCUT2D eigenvalue weighted by Gasteiger charge is 2.62. The van der Waals surface area contributed by atoms with Crippen LogP contribution in [0, 0.1) is 0 Å². The highest BCUT2D eigenvalue weighted by atomic mass is 31.2. The van der Waals surface area contributed by atoms with E-state index in [1.807, 2.05) is 65.3 Å². The van der Waals surface area contributed by atoms with E-state index in [2.05, 4.69) is 89.6 Å². The molecule has 230 valence electrons. The summed E-state index contributed by atoms with van der Waals surface area (Å²) in [7, 11) is -3.61. The molecule has 5 atom stereocenters. The van der Waals surface area contributed by atoms with Crippen molar-refractivity contribution >= 4 is 29.2 Å². The maximum absolute atomic E-state index is 15.7. The number of hydrogen-bond donors (Lipinski definition) is 1. The standard InChI is InChI=1S/C40H37N2O3P/c43-39-37(25-29-11-3-1-4-12-29)41(27-31-19-21-33-15-7-9-17-35(33)23-31)46(44)42(28-32-20-22-34-16-8-10-18-36(34)24-32)38(40(39)45-46)26-30-13-5-2-6-14-30/h1-24,37-40,43H,25-28H2/t37-,38-,39+,40+,46?/m1/s1. The van der Waals surface area contributed by atoms with Crippen LogP contribution in [0.1, 0.15) is 22.3 Å². The summed E-state index contributed by atoms with van der Waals surface area (Å²) < 4.78 is 26.4. The Hall–Kier alpha value is -4.09. The lowest BCUT2D eigenvalue weighted by Crippen LogP contribution is -2.53. The average molecular weight is 625 g/mol. The van der Waals surface area contributed by atoms with Gasteiger partial charge in [-0.2, -0.15) is 0 Å². The van der Waals surface area contributed by atoms with Gasteiger partial charge in [-0.1, -0.05) is 133 Å². The van der Waals surface area contributed by atoms with E-state index in [0.717, 1.165) is 38.4 Å². The number of hydrogen-bond acceptors (Lipinski definition) is 3. The number of benzene rings is 6. The number of aliphatic hydroxyl groups excluding tert-OH is 1. The van der Waals surface area contributed by atoms with Crippen molar-refractivity contribution < 1.29 is 14.2 Å². The number of rotatable bonds is 8. The molecular formula is C40H37N2O3P. The van der Waals surface area contributed by atoms with E-state index in [4.69, 9.17) is 4.52 Å². The van der Waals surface area contributed by atoms with Gasteiger partial charge in [0.15, 0.2) is 0 Å². The first-order chi connectivity index (χ1) is 22.5. The Bertz CT molecular complexity index is 2000. The molecule has 0 spiro atoms. The Morgan fingerprint density at radius 2 is 0.957 bits per heavy atom. The van der Waals surface area contributed by atoms with Gasteiger partial charge >= 0.3 is 7.67 Å². The SMILES string of the molecule is O=P12O[C@H]([C@@H](O)[C@@H](Cc3ccccc3)N1Cc1ccc3ccccc3c1)[C@@H](Cc1ccccc1)N2Cc1ccc2ccccc2c1. The van der Waals surface area contributed by atoms with E-state index >= 15 is 4.57 Å². The smallest absolute Gasteiger partial charge is 0.347 e. The van der Waals surface area contributed by atoms with Crippen LogP contribution in [0.3, 0.4) is 0 Å². The molecule has 2 heterocycles. The van der Waals surface area contributed by atoms with Crippen molar-refractivity contribution in [3.63, 3.8) is 0 Å². The van der Waals surface area contributed by atoms with Gasteiger partial charge in [-0.25, -0.2) is 9.34 Å². The topological polar surface area (TPSA) is 53.0 Å². The van der Waals surface area contributed by atoms with Crippen LogP contribution >= 0.6 is 7.67 Å². The largest absolute Gasteiger partial charge is 0.389 e. The minimum atomic E-state index is -3.61. The summed E-state index contributed by atoms with van der Waals surface area (Å²) in [6, 6.07) is 49.3. The van der Waals surface area contributed by atoms with E-state index in [1.54, 1.807) is 0 Å². The van der Waals surface area contributed by atoms with Crippen LogP contribution in [0.5, 0.6) is 0 Å². The summed E-state index contributed by atoms with van der Waals surface area (Å²) in [6.07, 6.45) is -0.227. The molecule has 1 N–H and O–H groups in total.